The second-order valence-electron chi connectivity index (χ2n) is 5.46. The lowest BCUT2D eigenvalue weighted by Crippen LogP contribution is -2.46. The minimum atomic E-state index is -0.588. The van der Waals surface area contributed by atoms with Crippen LogP contribution in [-0.4, -0.2) is 22.8 Å². The van der Waals surface area contributed by atoms with Crippen LogP contribution < -0.4 is 10.6 Å². The van der Waals surface area contributed by atoms with Gasteiger partial charge in [-0.25, -0.2) is 4.98 Å². The molecule has 0 bridgehead atoms. The molecule has 1 aromatic heterocycles. The van der Waals surface area contributed by atoms with E-state index < -0.39 is 6.04 Å². The quantitative estimate of drug-likeness (QED) is 0.865. The SMILES string of the molecule is CC(=O)N[C@H](C(=O)Nc1nc(-c2ccc(Cl)cc2)cs1)C(C)C. The summed E-state index contributed by atoms with van der Waals surface area (Å²) in [5, 5.41) is 8.43. The van der Waals surface area contributed by atoms with Gasteiger partial charge in [0.2, 0.25) is 11.8 Å². The van der Waals surface area contributed by atoms with Gasteiger partial charge < -0.3 is 10.6 Å². The van der Waals surface area contributed by atoms with E-state index in [0.717, 1.165) is 11.3 Å². The Labute approximate surface area is 144 Å². The molecule has 0 fully saturated rings. The van der Waals surface area contributed by atoms with Crippen molar-refractivity contribution in [1.29, 1.82) is 0 Å². The number of anilines is 1. The van der Waals surface area contributed by atoms with Crippen LogP contribution >= 0.6 is 22.9 Å². The maximum atomic E-state index is 12.3. The largest absolute Gasteiger partial charge is 0.344 e. The molecule has 2 rings (SSSR count). The van der Waals surface area contributed by atoms with Crippen molar-refractivity contribution in [2.75, 3.05) is 5.32 Å². The van der Waals surface area contributed by atoms with Gasteiger partial charge in [-0.15, -0.1) is 11.3 Å². The summed E-state index contributed by atoms with van der Waals surface area (Å²) in [4.78, 5) is 27.9. The molecule has 1 aromatic carbocycles. The van der Waals surface area contributed by atoms with E-state index in [2.05, 4.69) is 15.6 Å². The fraction of sp³-hybridized carbons (Fsp3) is 0.312. The van der Waals surface area contributed by atoms with Crippen molar-refractivity contribution in [1.82, 2.24) is 10.3 Å². The van der Waals surface area contributed by atoms with Crippen LogP contribution in [0.2, 0.25) is 5.02 Å². The minimum absolute atomic E-state index is 0.0189. The predicted octanol–water partition coefficient (Wildman–Crippen LogP) is 3.56. The maximum absolute atomic E-state index is 12.3. The van der Waals surface area contributed by atoms with Gasteiger partial charge in [0.25, 0.3) is 0 Å². The highest BCUT2D eigenvalue weighted by Gasteiger charge is 2.23. The van der Waals surface area contributed by atoms with Gasteiger partial charge in [-0.2, -0.15) is 0 Å². The summed E-state index contributed by atoms with van der Waals surface area (Å²) >= 11 is 7.21. The Morgan fingerprint density at radius 3 is 2.43 bits per heavy atom. The Kier molecular flexibility index (Phi) is 5.74. The predicted molar refractivity (Wildman–Crippen MR) is 93.6 cm³/mol. The number of benzene rings is 1. The number of carbonyl (C=O) groups excluding carboxylic acids is 2. The van der Waals surface area contributed by atoms with Gasteiger partial charge in [0.05, 0.1) is 5.69 Å². The Balaban J connectivity index is 2.10. The van der Waals surface area contributed by atoms with Crippen LogP contribution in [0.4, 0.5) is 5.13 Å². The van der Waals surface area contributed by atoms with Crippen molar-refractivity contribution < 1.29 is 9.59 Å². The number of carbonyl (C=O) groups is 2. The average molecular weight is 352 g/mol. The van der Waals surface area contributed by atoms with Crippen molar-refractivity contribution in [3.05, 3.63) is 34.7 Å². The lowest BCUT2D eigenvalue weighted by molar-refractivity contribution is -0.126. The van der Waals surface area contributed by atoms with E-state index in [4.69, 9.17) is 11.6 Å². The van der Waals surface area contributed by atoms with Gasteiger partial charge in [-0.05, 0) is 18.1 Å². The molecule has 0 radical (unpaired) electrons. The Bertz CT molecular complexity index is 698. The standard InChI is InChI=1S/C16H18ClN3O2S/c1-9(2)14(18-10(3)21)15(22)20-16-19-13(8-23-16)11-4-6-12(17)7-5-11/h4-9,14H,1-3H3,(H,18,21)(H,19,20,22)/t14-/m0/s1. The summed E-state index contributed by atoms with van der Waals surface area (Å²) in [5.41, 5.74) is 1.69. The molecule has 0 saturated heterocycles. The van der Waals surface area contributed by atoms with Gasteiger partial charge in [0.15, 0.2) is 5.13 Å². The normalized spacial score (nSPS) is 12.0. The smallest absolute Gasteiger partial charge is 0.248 e. The number of amides is 2. The molecule has 0 unspecified atom stereocenters. The highest BCUT2D eigenvalue weighted by molar-refractivity contribution is 7.14. The lowest BCUT2D eigenvalue weighted by atomic mass is 10.0. The Hall–Kier alpha value is -1.92. The van der Waals surface area contributed by atoms with Crippen LogP contribution in [0.3, 0.4) is 0 Å². The van der Waals surface area contributed by atoms with E-state index in [-0.39, 0.29) is 17.7 Å². The zero-order chi connectivity index (χ0) is 17.0. The van der Waals surface area contributed by atoms with Crippen LogP contribution in [0, 0.1) is 5.92 Å². The molecule has 1 atom stereocenters. The van der Waals surface area contributed by atoms with E-state index in [0.29, 0.717) is 10.2 Å². The van der Waals surface area contributed by atoms with E-state index in [9.17, 15) is 9.59 Å². The van der Waals surface area contributed by atoms with Crippen LogP contribution in [0.25, 0.3) is 11.3 Å². The molecule has 2 N–H and O–H groups in total. The number of thiazole rings is 1. The van der Waals surface area contributed by atoms with Crippen LogP contribution in [0.5, 0.6) is 0 Å². The highest BCUT2D eigenvalue weighted by Crippen LogP contribution is 2.26. The monoisotopic (exact) mass is 351 g/mol. The third-order valence-electron chi connectivity index (χ3n) is 3.18. The van der Waals surface area contributed by atoms with Crippen LogP contribution in [0.1, 0.15) is 20.8 Å². The molecule has 0 aliphatic heterocycles. The van der Waals surface area contributed by atoms with Crippen molar-refractivity contribution in [3.8, 4) is 11.3 Å². The summed E-state index contributed by atoms with van der Waals surface area (Å²) < 4.78 is 0. The number of halogens is 1. The average Bonchev–Trinajstić information content (AvgIpc) is 2.93. The molecular formula is C16H18ClN3O2S. The number of rotatable bonds is 5. The third kappa shape index (κ3) is 4.77. The van der Waals surface area contributed by atoms with E-state index >= 15 is 0 Å². The van der Waals surface area contributed by atoms with Crippen LogP contribution in [0.15, 0.2) is 29.6 Å². The number of nitrogens with zero attached hydrogens (tertiary/aromatic N) is 1. The molecule has 1 heterocycles. The third-order valence-corrected chi connectivity index (χ3v) is 4.19. The molecule has 7 heteroatoms. The molecule has 2 aromatic rings. The van der Waals surface area contributed by atoms with E-state index in [1.165, 1.54) is 18.3 Å². The van der Waals surface area contributed by atoms with E-state index in [1.54, 1.807) is 12.1 Å². The number of hydrogen-bond acceptors (Lipinski definition) is 4. The second-order valence-corrected chi connectivity index (χ2v) is 6.75. The topological polar surface area (TPSA) is 71.1 Å². The first kappa shape index (κ1) is 17.4. The van der Waals surface area contributed by atoms with Gasteiger partial charge in [-0.1, -0.05) is 37.6 Å². The number of hydrogen-bond donors (Lipinski definition) is 2. The molecule has 0 aliphatic rings. The summed E-state index contributed by atoms with van der Waals surface area (Å²) in [6, 6.07) is 6.74. The highest BCUT2D eigenvalue weighted by atomic mass is 35.5. The van der Waals surface area contributed by atoms with Gasteiger partial charge in [0.1, 0.15) is 6.04 Å². The maximum Gasteiger partial charge on any atom is 0.248 e. The molecule has 2 amide bonds. The zero-order valence-electron chi connectivity index (χ0n) is 13.1. The Morgan fingerprint density at radius 1 is 1.22 bits per heavy atom. The first-order valence-corrected chi connectivity index (χ1v) is 8.42. The van der Waals surface area contributed by atoms with Crippen LogP contribution in [-0.2, 0) is 9.59 Å². The molecule has 122 valence electrons. The molecule has 0 aliphatic carbocycles. The summed E-state index contributed by atoms with van der Waals surface area (Å²) in [7, 11) is 0. The van der Waals surface area contributed by atoms with Gasteiger partial charge in [-0.3, -0.25) is 9.59 Å². The van der Waals surface area contributed by atoms with Crippen molar-refractivity contribution >= 4 is 39.9 Å². The molecular weight excluding hydrogens is 334 g/mol. The first-order chi connectivity index (χ1) is 10.9. The molecule has 23 heavy (non-hydrogen) atoms. The fourth-order valence-corrected chi connectivity index (χ4v) is 2.87. The van der Waals surface area contributed by atoms with Crippen molar-refractivity contribution in [3.63, 3.8) is 0 Å². The summed E-state index contributed by atoms with van der Waals surface area (Å²) in [6.45, 7) is 5.15. The lowest BCUT2D eigenvalue weighted by Gasteiger charge is -2.20. The fourth-order valence-electron chi connectivity index (χ4n) is 2.02. The Morgan fingerprint density at radius 2 is 1.87 bits per heavy atom. The summed E-state index contributed by atoms with van der Waals surface area (Å²) in [6.07, 6.45) is 0. The summed E-state index contributed by atoms with van der Waals surface area (Å²) in [5.74, 6) is -0.526. The molecule has 0 spiro atoms. The second kappa shape index (κ2) is 7.57. The van der Waals surface area contributed by atoms with Gasteiger partial charge >= 0.3 is 0 Å². The number of nitrogens with one attached hydrogen (secondary N) is 2. The van der Waals surface area contributed by atoms with Crippen molar-refractivity contribution in [2.24, 2.45) is 5.92 Å². The van der Waals surface area contributed by atoms with E-state index in [1.807, 2.05) is 31.4 Å². The first-order valence-electron chi connectivity index (χ1n) is 7.16. The van der Waals surface area contributed by atoms with Crippen molar-refractivity contribution in [2.45, 2.75) is 26.8 Å². The molecule has 0 saturated carbocycles. The minimum Gasteiger partial charge on any atom is -0.344 e. The number of aromatic nitrogens is 1. The zero-order valence-corrected chi connectivity index (χ0v) is 14.7. The molecule has 5 nitrogen and oxygen atoms in total. The van der Waals surface area contributed by atoms with Gasteiger partial charge in [0, 0.05) is 22.9 Å².